The molecule has 1 unspecified atom stereocenters. The number of carboxylic acid groups (broad SMARTS) is 1. The maximum absolute atomic E-state index is 11.1. The second-order valence-electron chi connectivity index (χ2n) is 3.25. The number of nitrogens with one attached hydrogen (secondary N) is 1. The summed E-state index contributed by atoms with van der Waals surface area (Å²) < 4.78 is 9.49. The van der Waals surface area contributed by atoms with Gasteiger partial charge in [0, 0.05) is 13.7 Å². The summed E-state index contributed by atoms with van der Waals surface area (Å²) >= 11 is 0. The van der Waals surface area contributed by atoms with Crippen LogP contribution in [-0.2, 0) is 19.1 Å². The molecule has 0 aliphatic carbocycles. The standard InChI is InChI=1S/C9H17NO5/c1-7(4-14-2)3-10-8(11)5-15-6-9(12)13/h7H,3-6H2,1-2H3,(H,10,11)(H,12,13). The van der Waals surface area contributed by atoms with Gasteiger partial charge in [-0.15, -0.1) is 0 Å². The quantitative estimate of drug-likeness (QED) is 0.574. The molecule has 1 amide bonds. The minimum absolute atomic E-state index is 0.221. The molecule has 15 heavy (non-hydrogen) atoms. The van der Waals surface area contributed by atoms with Gasteiger partial charge in [-0.3, -0.25) is 4.79 Å². The van der Waals surface area contributed by atoms with Crippen LogP contribution in [-0.4, -0.2) is 50.5 Å². The molecular formula is C9H17NO5. The Hall–Kier alpha value is -1.14. The van der Waals surface area contributed by atoms with Crippen LogP contribution in [0.3, 0.4) is 0 Å². The predicted octanol–water partition coefficient (Wildman–Crippen LogP) is -0.514. The van der Waals surface area contributed by atoms with Crippen LogP contribution in [0.15, 0.2) is 0 Å². The van der Waals surface area contributed by atoms with Crippen molar-refractivity contribution in [2.75, 3.05) is 33.5 Å². The zero-order valence-corrected chi connectivity index (χ0v) is 8.99. The van der Waals surface area contributed by atoms with Gasteiger partial charge in [-0.1, -0.05) is 6.92 Å². The highest BCUT2D eigenvalue weighted by Crippen LogP contribution is 1.91. The van der Waals surface area contributed by atoms with Gasteiger partial charge < -0.3 is 19.9 Å². The number of aliphatic carboxylic acids is 1. The highest BCUT2D eigenvalue weighted by molar-refractivity contribution is 5.77. The average Bonchev–Trinajstić information content (AvgIpc) is 2.14. The van der Waals surface area contributed by atoms with E-state index in [-0.39, 0.29) is 18.4 Å². The molecule has 0 radical (unpaired) electrons. The highest BCUT2D eigenvalue weighted by atomic mass is 16.5. The van der Waals surface area contributed by atoms with Crippen LogP contribution in [0.25, 0.3) is 0 Å². The second-order valence-corrected chi connectivity index (χ2v) is 3.25. The summed E-state index contributed by atoms with van der Waals surface area (Å²) in [6.45, 7) is 2.30. The largest absolute Gasteiger partial charge is 0.480 e. The molecule has 0 fully saturated rings. The Morgan fingerprint density at radius 3 is 2.60 bits per heavy atom. The molecule has 0 spiro atoms. The smallest absolute Gasteiger partial charge is 0.329 e. The van der Waals surface area contributed by atoms with E-state index in [1.807, 2.05) is 6.92 Å². The fraction of sp³-hybridized carbons (Fsp3) is 0.778. The van der Waals surface area contributed by atoms with E-state index in [2.05, 4.69) is 10.1 Å². The molecule has 6 nitrogen and oxygen atoms in total. The van der Waals surface area contributed by atoms with Crippen molar-refractivity contribution in [1.29, 1.82) is 0 Å². The van der Waals surface area contributed by atoms with Crippen LogP contribution in [0.2, 0.25) is 0 Å². The van der Waals surface area contributed by atoms with Gasteiger partial charge in [0.2, 0.25) is 5.91 Å². The third-order valence-electron chi connectivity index (χ3n) is 1.56. The summed E-state index contributed by atoms with van der Waals surface area (Å²) in [6.07, 6.45) is 0. The van der Waals surface area contributed by atoms with Crippen molar-refractivity contribution in [1.82, 2.24) is 5.32 Å². The second kappa shape index (κ2) is 8.19. The molecule has 0 aromatic rings. The van der Waals surface area contributed by atoms with E-state index in [0.717, 1.165) is 0 Å². The fourth-order valence-electron chi connectivity index (χ4n) is 0.914. The number of rotatable bonds is 8. The Balaban J connectivity index is 3.44. The van der Waals surface area contributed by atoms with Crippen LogP contribution in [0.1, 0.15) is 6.92 Å². The first kappa shape index (κ1) is 13.9. The third-order valence-corrected chi connectivity index (χ3v) is 1.56. The minimum atomic E-state index is -1.09. The first-order valence-corrected chi connectivity index (χ1v) is 4.61. The van der Waals surface area contributed by atoms with Gasteiger partial charge in [0.1, 0.15) is 13.2 Å². The Kier molecular flexibility index (Phi) is 7.57. The van der Waals surface area contributed by atoms with Crippen molar-refractivity contribution in [3.05, 3.63) is 0 Å². The Morgan fingerprint density at radius 1 is 1.40 bits per heavy atom. The molecule has 0 bridgehead atoms. The maximum atomic E-state index is 11.1. The highest BCUT2D eigenvalue weighted by Gasteiger charge is 2.06. The van der Waals surface area contributed by atoms with Crippen LogP contribution >= 0.6 is 0 Å². The molecular weight excluding hydrogens is 202 g/mol. The van der Waals surface area contributed by atoms with Gasteiger partial charge in [0.25, 0.3) is 0 Å². The minimum Gasteiger partial charge on any atom is -0.480 e. The van der Waals surface area contributed by atoms with Crippen molar-refractivity contribution in [2.24, 2.45) is 5.92 Å². The van der Waals surface area contributed by atoms with Crippen molar-refractivity contribution in [2.45, 2.75) is 6.92 Å². The molecule has 0 saturated heterocycles. The lowest BCUT2D eigenvalue weighted by Crippen LogP contribution is -2.33. The molecule has 2 N–H and O–H groups in total. The summed E-state index contributed by atoms with van der Waals surface area (Å²) in [5.74, 6) is -1.19. The summed E-state index contributed by atoms with van der Waals surface area (Å²) in [4.78, 5) is 21.1. The van der Waals surface area contributed by atoms with E-state index >= 15 is 0 Å². The molecule has 6 heteroatoms. The van der Waals surface area contributed by atoms with E-state index in [1.54, 1.807) is 7.11 Å². The number of hydrogen-bond donors (Lipinski definition) is 2. The molecule has 88 valence electrons. The summed E-state index contributed by atoms with van der Waals surface area (Å²) in [5.41, 5.74) is 0. The first-order chi connectivity index (χ1) is 7.06. The van der Waals surface area contributed by atoms with E-state index in [0.29, 0.717) is 13.2 Å². The Morgan fingerprint density at radius 2 is 2.07 bits per heavy atom. The van der Waals surface area contributed by atoms with Crippen molar-refractivity contribution < 1.29 is 24.2 Å². The van der Waals surface area contributed by atoms with Crippen molar-refractivity contribution in [3.63, 3.8) is 0 Å². The van der Waals surface area contributed by atoms with E-state index in [4.69, 9.17) is 9.84 Å². The molecule has 0 heterocycles. The number of methoxy groups -OCH3 is 1. The molecule has 0 aliphatic rings. The van der Waals surface area contributed by atoms with Gasteiger partial charge in [0.05, 0.1) is 6.61 Å². The molecule has 0 saturated carbocycles. The lowest BCUT2D eigenvalue weighted by molar-refractivity contribution is -0.143. The van der Waals surface area contributed by atoms with Gasteiger partial charge in [-0.25, -0.2) is 4.79 Å². The van der Waals surface area contributed by atoms with Gasteiger partial charge in [-0.05, 0) is 5.92 Å². The number of carboxylic acids is 1. The Bertz CT molecular complexity index is 207. The number of hydrogen-bond acceptors (Lipinski definition) is 4. The van der Waals surface area contributed by atoms with Gasteiger partial charge >= 0.3 is 5.97 Å². The van der Waals surface area contributed by atoms with Crippen LogP contribution < -0.4 is 5.32 Å². The normalized spacial score (nSPS) is 12.1. The number of carbonyl (C=O) groups excluding carboxylic acids is 1. The SMILES string of the molecule is COCC(C)CNC(=O)COCC(=O)O. The molecule has 0 rings (SSSR count). The summed E-state index contributed by atoms with van der Waals surface area (Å²) in [7, 11) is 1.59. The Labute approximate surface area is 88.6 Å². The number of ether oxygens (including phenoxy) is 2. The topological polar surface area (TPSA) is 84.9 Å². The van der Waals surface area contributed by atoms with Gasteiger partial charge in [-0.2, -0.15) is 0 Å². The maximum Gasteiger partial charge on any atom is 0.329 e. The predicted molar refractivity (Wildman–Crippen MR) is 52.5 cm³/mol. The first-order valence-electron chi connectivity index (χ1n) is 4.61. The average molecular weight is 219 g/mol. The summed E-state index contributed by atoms with van der Waals surface area (Å²) in [6, 6.07) is 0. The monoisotopic (exact) mass is 219 g/mol. The number of amides is 1. The lowest BCUT2D eigenvalue weighted by atomic mass is 10.2. The zero-order chi connectivity index (χ0) is 11.7. The lowest BCUT2D eigenvalue weighted by Gasteiger charge is -2.11. The molecule has 1 atom stereocenters. The molecule has 0 aromatic heterocycles. The fourth-order valence-corrected chi connectivity index (χ4v) is 0.914. The van der Waals surface area contributed by atoms with E-state index in [1.165, 1.54) is 0 Å². The zero-order valence-electron chi connectivity index (χ0n) is 8.99. The van der Waals surface area contributed by atoms with Crippen molar-refractivity contribution >= 4 is 11.9 Å². The van der Waals surface area contributed by atoms with Crippen LogP contribution in [0, 0.1) is 5.92 Å². The van der Waals surface area contributed by atoms with E-state index < -0.39 is 12.6 Å². The van der Waals surface area contributed by atoms with Crippen LogP contribution in [0.5, 0.6) is 0 Å². The molecule has 0 aromatic carbocycles. The van der Waals surface area contributed by atoms with Crippen molar-refractivity contribution in [3.8, 4) is 0 Å². The third kappa shape index (κ3) is 9.17. The summed E-state index contributed by atoms with van der Waals surface area (Å²) in [5, 5.41) is 10.8. The molecule has 0 aliphatic heterocycles. The van der Waals surface area contributed by atoms with Crippen LogP contribution in [0.4, 0.5) is 0 Å². The van der Waals surface area contributed by atoms with E-state index in [9.17, 15) is 9.59 Å². The van der Waals surface area contributed by atoms with Gasteiger partial charge in [0.15, 0.2) is 0 Å². The number of carbonyl (C=O) groups is 2.